The average molecular weight is 476 g/mol. The van der Waals surface area contributed by atoms with Crippen LogP contribution in [0.5, 0.6) is 0 Å². The number of hydrogen-bond donors (Lipinski definition) is 2. The first-order valence-corrected chi connectivity index (χ1v) is 11.8. The Morgan fingerprint density at radius 1 is 0.722 bits per heavy atom. The monoisotopic (exact) mass is 475 g/mol. The minimum atomic E-state index is -0.554. The Labute approximate surface area is 211 Å². The van der Waals surface area contributed by atoms with E-state index >= 15 is 0 Å². The maximum Gasteiger partial charge on any atom is 0.248 e. The minimum Gasteiger partial charge on any atom is -0.366 e. The van der Waals surface area contributed by atoms with Gasteiger partial charge in [-0.15, -0.1) is 0 Å². The molecule has 4 aromatic rings. The molecule has 3 N–H and O–H groups in total. The number of carbonyl (C=O) groups is 2. The van der Waals surface area contributed by atoms with E-state index < -0.39 is 11.9 Å². The second-order valence-electron chi connectivity index (χ2n) is 8.52. The molecule has 2 amide bonds. The van der Waals surface area contributed by atoms with E-state index in [2.05, 4.69) is 34.5 Å². The van der Waals surface area contributed by atoms with Crippen LogP contribution in [0.4, 0.5) is 5.69 Å². The van der Waals surface area contributed by atoms with Gasteiger partial charge in [0.15, 0.2) is 0 Å². The van der Waals surface area contributed by atoms with Gasteiger partial charge in [0.25, 0.3) is 0 Å². The SMILES string of the molecule is NC(=O)c1ccc(NC(=O)C(/C=C/c2ccccc2)N(Cc2ccccc2)Cc2ccccc2)cc1. The molecule has 0 bridgehead atoms. The van der Waals surface area contributed by atoms with Crippen LogP contribution in [0.3, 0.4) is 0 Å². The van der Waals surface area contributed by atoms with Crippen LogP contribution in [0, 0.1) is 0 Å². The third-order valence-electron chi connectivity index (χ3n) is 5.83. The van der Waals surface area contributed by atoms with Crippen molar-refractivity contribution in [3.8, 4) is 0 Å². The lowest BCUT2D eigenvalue weighted by atomic mass is 10.1. The maximum atomic E-state index is 13.7. The highest BCUT2D eigenvalue weighted by Gasteiger charge is 2.24. The molecule has 0 spiro atoms. The summed E-state index contributed by atoms with van der Waals surface area (Å²) in [5.41, 5.74) is 9.59. The van der Waals surface area contributed by atoms with E-state index in [0.717, 1.165) is 16.7 Å². The Morgan fingerprint density at radius 2 is 1.22 bits per heavy atom. The molecule has 0 heterocycles. The van der Waals surface area contributed by atoms with Crippen molar-refractivity contribution in [3.05, 3.63) is 144 Å². The molecule has 5 heteroatoms. The Morgan fingerprint density at radius 3 is 1.72 bits per heavy atom. The molecule has 0 saturated heterocycles. The van der Waals surface area contributed by atoms with Gasteiger partial charge in [0.1, 0.15) is 6.04 Å². The van der Waals surface area contributed by atoms with Gasteiger partial charge in [0.2, 0.25) is 11.8 Å². The number of carbonyl (C=O) groups excluding carboxylic acids is 2. The predicted molar refractivity (Wildman–Crippen MR) is 145 cm³/mol. The van der Waals surface area contributed by atoms with Crippen molar-refractivity contribution in [1.82, 2.24) is 4.90 Å². The zero-order chi connectivity index (χ0) is 25.2. The maximum absolute atomic E-state index is 13.7. The molecule has 0 aromatic heterocycles. The highest BCUT2D eigenvalue weighted by atomic mass is 16.2. The van der Waals surface area contributed by atoms with E-state index in [1.165, 1.54) is 0 Å². The number of nitrogens with zero attached hydrogens (tertiary/aromatic N) is 1. The van der Waals surface area contributed by atoms with Crippen molar-refractivity contribution in [2.24, 2.45) is 5.73 Å². The standard InChI is InChI=1S/C31H29N3O2/c32-30(35)27-17-19-28(20-18-27)33-31(36)29(21-16-24-10-4-1-5-11-24)34(22-25-12-6-2-7-13-25)23-26-14-8-3-9-15-26/h1-21,29H,22-23H2,(H2,32,35)(H,33,36)/b21-16+. The van der Waals surface area contributed by atoms with E-state index in [1.807, 2.05) is 78.9 Å². The second kappa shape index (κ2) is 12.3. The first-order valence-electron chi connectivity index (χ1n) is 11.8. The first kappa shape index (κ1) is 24.6. The molecular formula is C31H29N3O2. The molecule has 1 unspecified atom stereocenters. The van der Waals surface area contributed by atoms with Crippen molar-refractivity contribution in [1.29, 1.82) is 0 Å². The van der Waals surface area contributed by atoms with E-state index in [9.17, 15) is 9.59 Å². The van der Waals surface area contributed by atoms with Crippen molar-refractivity contribution in [2.75, 3.05) is 5.32 Å². The van der Waals surface area contributed by atoms with E-state index in [4.69, 9.17) is 5.73 Å². The molecule has 0 aliphatic carbocycles. The number of anilines is 1. The van der Waals surface area contributed by atoms with Gasteiger partial charge < -0.3 is 11.1 Å². The van der Waals surface area contributed by atoms with Crippen LogP contribution in [0.25, 0.3) is 6.08 Å². The van der Waals surface area contributed by atoms with Gasteiger partial charge in [-0.1, -0.05) is 103 Å². The van der Waals surface area contributed by atoms with E-state index in [-0.39, 0.29) is 5.91 Å². The van der Waals surface area contributed by atoms with Gasteiger partial charge >= 0.3 is 0 Å². The summed E-state index contributed by atoms with van der Waals surface area (Å²) in [5, 5.41) is 3.01. The van der Waals surface area contributed by atoms with Crippen LogP contribution >= 0.6 is 0 Å². The number of rotatable bonds is 10. The molecule has 4 aromatic carbocycles. The smallest absolute Gasteiger partial charge is 0.248 e. The van der Waals surface area contributed by atoms with Gasteiger partial charge in [0.05, 0.1) is 0 Å². The largest absolute Gasteiger partial charge is 0.366 e. The number of primary amides is 1. The molecule has 0 saturated carbocycles. The summed E-state index contributed by atoms with van der Waals surface area (Å²) in [4.78, 5) is 27.2. The highest BCUT2D eigenvalue weighted by molar-refractivity contribution is 5.98. The first-order chi connectivity index (χ1) is 17.6. The molecular weight excluding hydrogens is 446 g/mol. The fraction of sp³-hybridized carbons (Fsp3) is 0.0968. The number of nitrogens with two attached hydrogens (primary N) is 1. The van der Waals surface area contributed by atoms with E-state index in [1.54, 1.807) is 24.3 Å². The van der Waals surface area contributed by atoms with Crippen molar-refractivity contribution in [2.45, 2.75) is 19.1 Å². The van der Waals surface area contributed by atoms with Gasteiger partial charge in [-0.3, -0.25) is 14.5 Å². The highest BCUT2D eigenvalue weighted by Crippen LogP contribution is 2.18. The lowest BCUT2D eigenvalue weighted by Crippen LogP contribution is -2.42. The Bertz CT molecular complexity index is 1250. The van der Waals surface area contributed by atoms with Crippen LogP contribution in [0.15, 0.2) is 121 Å². The van der Waals surface area contributed by atoms with Crippen LogP contribution in [-0.2, 0) is 17.9 Å². The normalized spacial score (nSPS) is 11.9. The van der Waals surface area contributed by atoms with E-state index in [0.29, 0.717) is 24.3 Å². The molecule has 1 atom stereocenters. The van der Waals surface area contributed by atoms with Gasteiger partial charge in [-0.25, -0.2) is 0 Å². The zero-order valence-electron chi connectivity index (χ0n) is 20.0. The molecule has 5 nitrogen and oxygen atoms in total. The zero-order valence-corrected chi connectivity index (χ0v) is 20.0. The van der Waals surface area contributed by atoms with Crippen molar-refractivity contribution >= 4 is 23.6 Å². The lowest BCUT2D eigenvalue weighted by Gasteiger charge is -2.29. The number of hydrogen-bond acceptors (Lipinski definition) is 3. The number of amides is 2. The fourth-order valence-corrected chi connectivity index (χ4v) is 3.96. The summed E-state index contributed by atoms with van der Waals surface area (Å²) < 4.78 is 0. The van der Waals surface area contributed by atoms with Crippen LogP contribution < -0.4 is 11.1 Å². The number of benzene rings is 4. The molecule has 0 fully saturated rings. The second-order valence-corrected chi connectivity index (χ2v) is 8.52. The molecule has 36 heavy (non-hydrogen) atoms. The third kappa shape index (κ3) is 7.01. The average Bonchev–Trinajstić information content (AvgIpc) is 2.91. The molecule has 0 radical (unpaired) electrons. The molecule has 180 valence electrons. The summed E-state index contributed by atoms with van der Waals surface area (Å²) >= 11 is 0. The third-order valence-corrected chi connectivity index (χ3v) is 5.83. The number of nitrogens with one attached hydrogen (secondary N) is 1. The van der Waals surface area contributed by atoms with Gasteiger partial charge in [-0.2, -0.15) is 0 Å². The summed E-state index contributed by atoms with van der Waals surface area (Å²) in [6.45, 7) is 1.18. The lowest BCUT2D eigenvalue weighted by molar-refractivity contribution is -0.120. The van der Waals surface area contributed by atoms with Crippen LogP contribution in [-0.4, -0.2) is 22.8 Å². The quantitative estimate of drug-likeness (QED) is 0.318. The molecule has 0 aliphatic rings. The van der Waals surface area contributed by atoms with Gasteiger partial charge in [-0.05, 0) is 41.0 Å². The topological polar surface area (TPSA) is 75.4 Å². The minimum absolute atomic E-state index is 0.166. The van der Waals surface area contributed by atoms with Gasteiger partial charge in [0, 0.05) is 24.3 Å². The molecule has 4 rings (SSSR count). The predicted octanol–water partition coefficient (Wildman–Crippen LogP) is 5.51. The van der Waals surface area contributed by atoms with Crippen molar-refractivity contribution < 1.29 is 9.59 Å². The Kier molecular flexibility index (Phi) is 8.41. The van der Waals surface area contributed by atoms with Crippen LogP contribution in [0.1, 0.15) is 27.0 Å². The Hall–Kier alpha value is -4.48. The summed E-state index contributed by atoms with van der Waals surface area (Å²) in [6, 6.07) is 36.2. The van der Waals surface area contributed by atoms with Crippen molar-refractivity contribution in [3.63, 3.8) is 0 Å². The summed E-state index contributed by atoms with van der Waals surface area (Å²) in [5.74, 6) is -0.672. The summed E-state index contributed by atoms with van der Waals surface area (Å²) in [6.07, 6.45) is 3.91. The summed E-state index contributed by atoms with van der Waals surface area (Å²) in [7, 11) is 0. The molecule has 0 aliphatic heterocycles. The Balaban J connectivity index is 1.66. The fourth-order valence-electron chi connectivity index (χ4n) is 3.96. The van der Waals surface area contributed by atoms with Crippen LogP contribution in [0.2, 0.25) is 0 Å².